The van der Waals surface area contributed by atoms with E-state index >= 15 is 0 Å². The number of sulfonamides is 1. The standard InChI is InChI=1S/C20H29NO2SSi/c1-16-10-12-18(13-11-16)24(22,23)21-19(14-15-25(2,3)4)20(21)17-8-6-5-7-9-17/h10-13,17,19-20H,5-9H2,1-4H3/t19-,20+,21?/m1/s1. The molecule has 0 bridgehead atoms. The normalized spacial score (nSPS) is 27.4. The molecule has 1 aliphatic carbocycles. The van der Waals surface area contributed by atoms with Crippen LogP contribution in [0, 0.1) is 24.3 Å². The molecule has 0 aromatic heterocycles. The van der Waals surface area contributed by atoms with Crippen molar-refractivity contribution in [2.24, 2.45) is 5.92 Å². The van der Waals surface area contributed by atoms with Crippen molar-refractivity contribution in [1.29, 1.82) is 0 Å². The molecule has 1 aromatic carbocycles. The molecule has 1 aliphatic heterocycles. The molecule has 3 rings (SSSR count). The van der Waals surface area contributed by atoms with Gasteiger partial charge in [-0.05, 0) is 37.8 Å². The highest BCUT2D eigenvalue weighted by molar-refractivity contribution is 7.89. The van der Waals surface area contributed by atoms with Gasteiger partial charge in [-0.1, -0.05) is 62.5 Å². The van der Waals surface area contributed by atoms with Crippen LogP contribution < -0.4 is 0 Å². The van der Waals surface area contributed by atoms with Gasteiger partial charge >= 0.3 is 0 Å². The van der Waals surface area contributed by atoms with Gasteiger partial charge in [0.2, 0.25) is 10.0 Å². The first-order valence-corrected chi connectivity index (χ1v) is 14.3. The molecule has 0 spiro atoms. The second-order valence-corrected chi connectivity index (χ2v) is 15.1. The predicted octanol–water partition coefficient (Wildman–Crippen LogP) is 4.20. The van der Waals surface area contributed by atoms with E-state index in [9.17, 15) is 8.42 Å². The monoisotopic (exact) mass is 375 g/mol. The Hall–Kier alpha value is -1.09. The lowest BCUT2D eigenvalue weighted by Gasteiger charge is -2.21. The molecule has 25 heavy (non-hydrogen) atoms. The van der Waals surface area contributed by atoms with Crippen molar-refractivity contribution < 1.29 is 8.42 Å². The second-order valence-electron chi connectivity index (χ2n) is 8.50. The van der Waals surface area contributed by atoms with Crippen molar-refractivity contribution in [3.05, 3.63) is 29.8 Å². The van der Waals surface area contributed by atoms with Gasteiger partial charge in [0.1, 0.15) is 14.1 Å². The van der Waals surface area contributed by atoms with Crippen LogP contribution in [-0.4, -0.2) is 32.9 Å². The summed E-state index contributed by atoms with van der Waals surface area (Å²) in [5.74, 6) is 3.81. The minimum atomic E-state index is -3.45. The molecule has 2 fully saturated rings. The molecule has 0 radical (unpaired) electrons. The Morgan fingerprint density at radius 2 is 1.64 bits per heavy atom. The topological polar surface area (TPSA) is 37.1 Å². The third-order valence-corrected chi connectivity index (χ3v) is 7.91. The van der Waals surface area contributed by atoms with Crippen molar-refractivity contribution in [2.75, 3.05) is 0 Å². The average Bonchev–Trinajstić information content (AvgIpc) is 3.29. The van der Waals surface area contributed by atoms with Crippen molar-refractivity contribution in [1.82, 2.24) is 4.31 Å². The molecule has 1 saturated heterocycles. The summed E-state index contributed by atoms with van der Waals surface area (Å²) in [4.78, 5) is 0.399. The van der Waals surface area contributed by atoms with Crippen LogP contribution >= 0.6 is 0 Å². The quantitative estimate of drug-likeness (QED) is 0.451. The van der Waals surface area contributed by atoms with Gasteiger partial charge in [-0.2, -0.15) is 4.31 Å². The number of hydrogen-bond acceptors (Lipinski definition) is 2. The molecule has 0 amide bonds. The summed E-state index contributed by atoms with van der Waals surface area (Å²) in [6.07, 6.45) is 5.98. The Morgan fingerprint density at radius 1 is 1.04 bits per heavy atom. The summed E-state index contributed by atoms with van der Waals surface area (Å²) in [5, 5.41) is 0. The van der Waals surface area contributed by atoms with Gasteiger partial charge in [0, 0.05) is 0 Å². The van der Waals surface area contributed by atoms with Crippen molar-refractivity contribution >= 4 is 18.1 Å². The third kappa shape index (κ3) is 4.19. The molecule has 3 atom stereocenters. The van der Waals surface area contributed by atoms with E-state index in [1.807, 2.05) is 19.1 Å². The summed E-state index contributed by atoms with van der Waals surface area (Å²) >= 11 is 0. The minimum absolute atomic E-state index is 0.0791. The summed E-state index contributed by atoms with van der Waals surface area (Å²) in [6.45, 7) is 8.59. The van der Waals surface area contributed by atoms with Crippen LogP contribution in [-0.2, 0) is 10.0 Å². The van der Waals surface area contributed by atoms with Crippen LogP contribution in [0.5, 0.6) is 0 Å². The second kappa shape index (κ2) is 6.90. The number of aryl methyl sites for hydroxylation is 1. The zero-order valence-electron chi connectivity index (χ0n) is 15.7. The van der Waals surface area contributed by atoms with Gasteiger partial charge in [-0.3, -0.25) is 0 Å². The molecule has 3 nitrogen and oxygen atoms in total. The molecule has 1 unspecified atom stereocenters. The summed E-state index contributed by atoms with van der Waals surface area (Å²) in [5.41, 5.74) is 4.47. The molecule has 2 aliphatic rings. The molecular weight excluding hydrogens is 346 g/mol. The fourth-order valence-electron chi connectivity index (χ4n) is 3.75. The van der Waals surface area contributed by atoms with E-state index < -0.39 is 18.1 Å². The van der Waals surface area contributed by atoms with E-state index in [2.05, 4.69) is 31.1 Å². The zero-order chi connectivity index (χ0) is 18.2. The van der Waals surface area contributed by atoms with Crippen LogP contribution in [0.2, 0.25) is 19.6 Å². The fraction of sp³-hybridized carbons (Fsp3) is 0.600. The molecule has 1 saturated carbocycles. The lowest BCUT2D eigenvalue weighted by atomic mass is 9.86. The van der Waals surface area contributed by atoms with Crippen molar-refractivity contribution in [2.45, 2.75) is 75.6 Å². The van der Waals surface area contributed by atoms with Gasteiger partial charge in [-0.15, -0.1) is 5.54 Å². The lowest BCUT2D eigenvalue weighted by molar-refractivity contribution is 0.335. The maximum absolute atomic E-state index is 13.2. The van der Waals surface area contributed by atoms with Crippen molar-refractivity contribution in [3.63, 3.8) is 0 Å². The Labute approximate surface area is 153 Å². The van der Waals surface area contributed by atoms with Crippen LogP contribution in [0.3, 0.4) is 0 Å². The first-order valence-electron chi connectivity index (χ1n) is 9.33. The maximum atomic E-state index is 13.2. The van der Waals surface area contributed by atoms with Crippen molar-refractivity contribution in [3.8, 4) is 11.5 Å². The van der Waals surface area contributed by atoms with E-state index in [0.717, 1.165) is 18.4 Å². The predicted molar refractivity (Wildman–Crippen MR) is 105 cm³/mol. The highest BCUT2D eigenvalue weighted by atomic mass is 32.2. The van der Waals surface area contributed by atoms with Gasteiger partial charge < -0.3 is 0 Å². The Balaban J connectivity index is 1.90. The Morgan fingerprint density at radius 3 is 2.20 bits per heavy atom. The Bertz CT molecular complexity index is 778. The summed E-state index contributed by atoms with van der Waals surface area (Å²) in [7, 11) is -4.97. The highest BCUT2D eigenvalue weighted by Crippen LogP contribution is 2.45. The van der Waals surface area contributed by atoms with E-state index in [1.165, 1.54) is 19.3 Å². The smallest absolute Gasteiger partial charge is 0.207 e. The zero-order valence-corrected chi connectivity index (χ0v) is 17.6. The Kier molecular flexibility index (Phi) is 5.16. The lowest BCUT2D eigenvalue weighted by Crippen LogP contribution is -2.21. The maximum Gasteiger partial charge on any atom is 0.244 e. The minimum Gasteiger partial charge on any atom is -0.207 e. The molecule has 0 N–H and O–H groups in total. The van der Waals surface area contributed by atoms with Crippen LogP contribution in [0.1, 0.15) is 37.7 Å². The molecule has 5 heteroatoms. The molecule has 136 valence electrons. The summed E-state index contributed by atoms with van der Waals surface area (Å²) < 4.78 is 28.0. The largest absolute Gasteiger partial charge is 0.244 e. The number of nitrogens with zero attached hydrogens (tertiary/aromatic N) is 1. The number of hydrogen-bond donors (Lipinski definition) is 0. The van der Waals surface area contributed by atoms with Gasteiger partial charge in [-0.25, -0.2) is 8.42 Å². The van der Waals surface area contributed by atoms with Gasteiger partial charge in [0.05, 0.1) is 10.9 Å². The fourth-order valence-corrected chi connectivity index (χ4v) is 6.09. The molecular formula is C20H29NO2SSi. The number of rotatable bonds is 3. The van der Waals surface area contributed by atoms with Gasteiger partial charge in [0.15, 0.2) is 0 Å². The SMILES string of the molecule is Cc1ccc(S(=O)(=O)N2[C@H](C#C[Si](C)(C)C)[C@@H]2C2CCCCC2)cc1. The molecule has 1 heterocycles. The number of benzene rings is 1. The third-order valence-electron chi connectivity index (χ3n) is 5.13. The molecule has 1 aromatic rings. The van der Waals surface area contributed by atoms with Crippen LogP contribution in [0.25, 0.3) is 0 Å². The van der Waals surface area contributed by atoms with Gasteiger partial charge in [0.25, 0.3) is 0 Å². The van der Waals surface area contributed by atoms with Crippen LogP contribution in [0.15, 0.2) is 29.2 Å². The van der Waals surface area contributed by atoms with E-state index in [0.29, 0.717) is 10.8 Å². The first-order chi connectivity index (χ1) is 11.7. The summed E-state index contributed by atoms with van der Waals surface area (Å²) in [6, 6.07) is 7.15. The highest BCUT2D eigenvalue weighted by Gasteiger charge is 2.58. The van der Waals surface area contributed by atoms with E-state index in [4.69, 9.17) is 0 Å². The average molecular weight is 376 g/mol. The van der Waals surface area contributed by atoms with E-state index in [1.54, 1.807) is 16.4 Å². The first kappa shape index (κ1) is 18.7. The van der Waals surface area contributed by atoms with Crippen LogP contribution in [0.4, 0.5) is 0 Å². The van der Waals surface area contributed by atoms with E-state index in [-0.39, 0.29) is 12.1 Å².